The number of carbonyl (C=O) groups is 1. The molecule has 0 aromatic heterocycles. The van der Waals surface area contributed by atoms with Gasteiger partial charge in [-0.3, -0.25) is 9.69 Å². The molecule has 2 atom stereocenters. The second kappa shape index (κ2) is 6.98. The van der Waals surface area contributed by atoms with Crippen LogP contribution in [0.5, 0.6) is 0 Å². The fourth-order valence-electron chi connectivity index (χ4n) is 2.97. The topological polar surface area (TPSA) is 35.6 Å². The maximum Gasteiger partial charge on any atom is 0.236 e. The molecule has 22 heavy (non-hydrogen) atoms. The maximum atomic E-state index is 13.1. The van der Waals surface area contributed by atoms with Gasteiger partial charge in [-0.05, 0) is 24.6 Å². The second-order valence-electron chi connectivity index (χ2n) is 5.81. The van der Waals surface area contributed by atoms with Crippen molar-refractivity contribution in [1.82, 2.24) is 15.1 Å². The Labute approximate surface area is 135 Å². The smallest absolute Gasteiger partial charge is 0.236 e. The van der Waals surface area contributed by atoms with E-state index in [1.54, 1.807) is 23.9 Å². The van der Waals surface area contributed by atoms with Crippen molar-refractivity contribution in [2.75, 3.05) is 39.3 Å². The molecule has 2 saturated heterocycles. The fourth-order valence-corrected chi connectivity index (χ4v) is 4.28. The molecule has 0 aliphatic carbocycles. The van der Waals surface area contributed by atoms with E-state index in [1.807, 2.05) is 11.8 Å². The lowest BCUT2D eigenvalue weighted by Crippen LogP contribution is -2.46. The molecular formula is C16H22FN3OS. The second-order valence-corrected chi connectivity index (χ2v) is 7.23. The van der Waals surface area contributed by atoms with Crippen molar-refractivity contribution >= 4 is 17.7 Å². The predicted molar refractivity (Wildman–Crippen MR) is 87.2 cm³/mol. The van der Waals surface area contributed by atoms with Gasteiger partial charge in [0.25, 0.3) is 0 Å². The largest absolute Gasteiger partial charge is 0.324 e. The van der Waals surface area contributed by atoms with Crippen LogP contribution in [0, 0.1) is 5.82 Å². The minimum absolute atomic E-state index is 0.00557. The molecule has 3 rings (SSSR count). The van der Waals surface area contributed by atoms with E-state index in [4.69, 9.17) is 0 Å². The van der Waals surface area contributed by atoms with Crippen molar-refractivity contribution in [3.05, 3.63) is 35.6 Å². The summed E-state index contributed by atoms with van der Waals surface area (Å²) in [4.78, 5) is 16.8. The van der Waals surface area contributed by atoms with Gasteiger partial charge < -0.3 is 10.2 Å². The highest BCUT2D eigenvalue weighted by Crippen LogP contribution is 2.42. The molecule has 0 bridgehead atoms. The van der Waals surface area contributed by atoms with E-state index in [9.17, 15) is 9.18 Å². The van der Waals surface area contributed by atoms with Crippen LogP contribution in [-0.4, -0.2) is 60.2 Å². The average molecular weight is 323 g/mol. The number of amides is 1. The van der Waals surface area contributed by atoms with Crippen molar-refractivity contribution in [2.45, 2.75) is 17.5 Å². The Morgan fingerprint density at radius 1 is 1.23 bits per heavy atom. The molecular weight excluding hydrogens is 301 g/mol. The number of carbonyl (C=O) groups excluding carboxylic acids is 1. The molecule has 0 radical (unpaired) electrons. The van der Waals surface area contributed by atoms with Gasteiger partial charge in [-0.1, -0.05) is 12.1 Å². The van der Waals surface area contributed by atoms with Crippen LogP contribution in [0.1, 0.15) is 17.9 Å². The molecule has 2 aliphatic rings. The molecule has 1 amide bonds. The predicted octanol–water partition coefficient (Wildman–Crippen LogP) is 1.69. The summed E-state index contributed by atoms with van der Waals surface area (Å²) < 4.78 is 13.1. The molecule has 0 spiro atoms. The zero-order valence-corrected chi connectivity index (χ0v) is 13.6. The minimum atomic E-state index is -0.238. The first-order valence-corrected chi connectivity index (χ1v) is 8.74. The highest BCUT2D eigenvalue weighted by molar-refractivity contribution is 8.01. The zero-order chi connectivity index (χ0) is 15.5. The van der Waals surface area contributed by atoms with Crippen LogP contribution in [0.25, 0.3) is 0 Å². The Kier molecular flexibility index (Phi) is 5.00. The molecule has 6 heteroatoms. The third kappa shape index (κ3) is 3.45. The van der Waals surface area contributed by atoms with Gasteiger partial charge in [0.05, 0.1) is 5.25 Å². The van der Waals surface area contributed by atoms with E-state index >= 15 is 0 Å². The van der Waals surface area contributed by atoms with Crippen LogP contribution >= 0.6 is 11.8 Å². The summed E-state index contributed by atoms with van der Waals surface area (Å²) in [6.07, 6.45) is 0. The standard InChI is InChI=1S/C16H22FN3OS/c1-12-15(21)20(11-10-19-8-6-18-7-9-19)16(22-12)13-2-4-14(17)5-3-13/h2-5,12,16,18H,6-11H2,1H3/t12-,16+/m1/s1. The molecule has 1 aromatic rings. The lowest BCUT2D eigenvalue weighted by Gasteiger charge is -2.31. The summed E-state index contributed by atoms with van der Waals surface area (Å²) in [7, 11) is 0. The molecule has 2 heterocycles. The lowest BCUT2D eigenvalue weighted by molar-refractivity contribution is -0.130. The van der Waals surface area contributed by atoms with E-state index in [-0.39, 0.29) is 22.3 Å². The Hall–Kier alpha value is -1.11. The first kappa shape index (κ1) is 15.8. The summed E-state index contributed by atoms with van der Waals surface area (Å²) in [5.41, 5.74) is 1.00. The van der Waals surface area contributed by atoms with Crippen LogP contribution in [0.3, 0.4) is 0 Å². The Bertz CT molecular complexity index is 519. The lowest BCUT2D eigenvalue weighted by atomic mass is 10.2. The SMILES string of the molecule is C[C@H]1S[C@@H](c2ccc(F)cc2)N(CCN2CCNCC2)C1=O. The third-order valence-corrected chi connectivity index (χ3v) is 5.66. The molecule has 0 saturated carbocycles. The van der Waals surface area contributed by atoms with E-state index in [0.717, 1.165) is 44.8 Å². The van der Waals surface area contributed by atoms with Crippen molar-refractivity contribution in [1.29, 1.82) is 0 Å². The van der Waals surface area contributed by atoms with Gasteiger partial charge in [0, 0.05) is 39.3 Å². The molecule has 0 unspecified atom stereocenters. The Morgan fingerprint density at radius 3 is 2.59 bits per heavy atom. The number of halogens is 1. The number of rotatable bonds is 4. The van der Waals surface area contributed by atoms with Crippen LogP contribution in [0.2, 0.25) is 0 Å². The number of thioether (sulfide) groups is 1. The van der Waals surface area contributed by atoms with E-state index in [0.29, 0.717) is 0 Å². The number of nitrogens with zero attached hydrogens (tertiary/aromatic N) is 2. The van der Waals surface area contributed by atoms with Gasteiger partial charge in [-0.25, -0.2) is 4.39 Å². The molecule has 1 N–H and O–H groups in total. The summed E-state index contributed by atoms with van der Waals surface area (Å²) in [5, 5.41) is 3.31. The fraction of sp³-hybridized carbons (Fsp3) is 0.562. The maximum absolute atomic E-state index is 13.1. The summed E-state index contributed by atoms with van der Waals surface area (Å²) >= 11 is 1.65. The summed E-state index contributed by atoms with van der Waals surface area (Å²) in [6, 6.07) is 6.52. The third-order valence-electron chi connectivity index (χ3n) is 4.27. The first-order chi connectivity index (χ1) is 10.6. The van der Waals surface area contributed by atoms with Crippen molar-refractivity contribution in [3.63, 3.8) is 0 Å². The molecule has 2 fully saturated rings. The van der Waals surface area contributed by atoms with Gasteiger partial charge in [0.2, 0.25) is 5.91 Å². The van der Waals surface area contributed by atoms with Crippen LogP contribution in [0.4, 0.5) is 4.39 Å². The van der Waals surface area contributed by atoms with Gasteiger partial charge >= 0.3 is 0 Å². The highest BCUT2D eigenvalue weighted by Gasteiger charge is 2.38. The van der Waals surface area contributed by atoms with E-state index in [1.165, 1.54) is 12.1 Å². The number of hydrogen-bond acceptors (Lipinski definition) is 4. The molecule has 120 valence electrons. The zero-order valence-electron chi connectivity index (χ0n) is 12.8. The first-order valence-electron chi connectivity index (χ1n) is 7.79. The monoisotopic (exact) mass is 323 g/mol. The van der Waals surface area contributed by atoms with Crippen molar-refractivity contribution in [3.8, 4) is 0 Å². The Morgan fingerprint density at radius 2 is 1.91 bits per heavy atom. The van der Waals surface area contributed by atoms with E-state index in [2.05, 4.69) is 10.2 Å². The molecule has 1 aromatic carbocycles. The van der Waals surface area contributed by atoms with Gasteiger partial charge in [0.15, 0.2) is 0 Å². The average Bonchev–Trinajstić information content (AvgIpc) is 2.82. The normalized spacial score (nSPS) is 26.6. The van der Waals surface area contributed by atoms with Gasteiger partial charge in [-0.15, -0.1) is 11.8 Å². The number of nitrogens with one attached hydrogen (secondary N) is 1. The Balaban J connectivity index is 1.68. The number of benzene rings is 1. The highest BCUT2D eigenvalue weighted by atomic mass is 32.2. The summed E-state index contributed by atoms with van der Waals surface area (Å²) in [6.45, 7) is 7.68. The van der Waals surface area contributed by atoms with Crippen LogP contribution in [-0.2, 0) is 4.79 Å². The summed E-state index contributed by atoms with van der Waals surface area (Å²) in [5.74, 6) is -0.0482. The van der Waals surface area contributed by atoms with Crippen molar-refractivity contribution < 1.29 is 9.18 Å². The number of hydrogen-bond donors (Lipinski definition) is 1. The van der Waals surface area contributed by atoms with Gasteiger partial charge in [-0.2, -0.15) is 0 Å². The molecule has 4 nitrogen and oxygen atoms in total. The minimum Gasteiger partial charge on any atom is -0.324 e. The van der Waals surface area contributed by atoms with E-state index < -0.39 is 0 Å². The van der Waals surface area contributed by atoms with Crippen LogP contribution in [0.15, 0.2) is 24.3 Å². The number of piperazine rings is 1. The quantitative estimate of drug-likeness (QED) is 0.915. The van der Waals surface area contributed by atoms with Gasteiger partial charge in [0.1, 0.15) is 11.2 Å². The molecule has 2 aliphatic heterocycles. The van der Waals surface area contributed by atoms with Crippen LogP contribution < -0.4 is 5.32 Å². The van der Waals surface area contributed by atoms with Crippen molar-refractivity contribution in [2.24, 2.45) is 0 Å².